The molecule has 0 unspecified atom stereocenters. The van der Waals surface area contributed by atoms with E-state index in [9.17, 15) is 0 Å². The van der Waals surface area contributed by atoms with Crippen molar-refractivity contribution in [3.63, 3.8) is 0 Å². The van der Waals surface area contributed by atoms with Gasteiger partial charge in [-0.25, -0.2) is 4.79 Å². The molecule has 0 heterocycles. The van der Waals surface area contributed by atoms with Crippen LogP contribution in [0.4, 0.5) is 4.79 Å². The van der Waals surface area contributed by atoms with Crippen LogP contribution in [0.25, 0.3) is 0 Å². The highest BCUT2D eigenvalue weighted by atomic mass is 16.6. The molecule has 0 aromatic heterocycles. The maximum Gasteiger partial charge on any atom is 0.503 e. The lowest BCUT2D eigenvalue weighted by atomic mass is 10.8. The van der Waals surface area contributed by atoms with E-state index >= 15 is 0 Å². The molecule has 0 saturated carbocycles. The van der Waals surface area contributed by atoms with Crippen molar-refractivity contribution in [2.45, 2.75) is 6.92 Å². The van der Waals surface area contributed by atoms with Crippen LogP contribution in [-0.4, -0.2) is 16.4 Å². The molecule has 0 aliphatic rings. The molecule has 0 saturated heterocycles. The first-order valence-corrected chi connectivity index (χ1v) is 1.64. The SMILES string of the molecule is C=CC.O=C(O)O. The third kappa shape index (κ3) is 46.3. The molecule has 0 fully saturated rings. The third-order valence-corrected chi connectivity index (χ3v) is 0. The lowest BCUT2D eigenvalue weighted by Crippen LogP contribution is -1.81. The average Bonchev–Trinajstić information content (AvgIpc) is 1.33. The molecule has 0 bridgehead atoms. The average molecular weight is 104 g/mol. The van der Waals surface area contributed by atoms with Gasteiger partial charge in [0.2, 0.25) is 0 Å². The van der Waals surface area contributed by atoms with Gasteiger partial charge < -0.3 is 10.2 Å². The van der Waals surface area contributed by atoms with Gasteiger partial charge in [0.1, 0.15) is 0 Å². The molecule has 0 aliphatic carbocycles. The molecule has 0 amide bonds. The summed E-state index contributed by atoms with van der Waals surface area (Å²) in [5, 5.41) is 13.9. The minimum absolute atomic E-state index is 1.75. The van der Waals surface area contributed by atoms with Gasteiger partial charge in [-0.2, -0.15) is 0 Å². The van der Waals surface area contributed by atoms with Gasteiger partial charge in [-0.3, -0.25) is 0 Å². The lowest BCUT2D eigenvalue weighted by Gasteiger charge is -1.60. The van der Waals surface area contributed by atoms with Gasteiger partial charge in [0.25, 0.3) is 0 Å². The van der Waals surface area contributed by atoms with Gasteiger partial charge in [-0.15, -0.1) is 6.58 Å². The molecular weight excluding hydrogens is 96.0 g/mol. The summed E-state index contributed by atoms with van der Waals surface area (Å²) >= 11 is 0. The molecule has 3 nitrogen and oxygen atoms in total. The van der Waals surface area contributed by atoms with E-state index in [4.69, 9.17) is 15.0 Å². The van der Waals surface area contributed by atoms with Gasteiger partial charge in [0.05, 0.1) is 0 Å². The van der Waals surface area contributed by atoms with Crippen LogP contribution >= 0.6 is 0 Å². The fraction of sp³-hybridized carbons (Fsp3) is 0.250. The zero-order valence-corrected chi connectivity index (χ0v) is 4.09. The molecule has 42 valence electrons. The molecule has 0 spiro atoms. The fourth-order valence-electron chi connectivity index (χ4n) is 0. The minimum atomic E-state index is -1.83. The van der Waals surface area contributed by atoms with Crippen molar-refractivity contribution >= 4 is 6.16 Å². The molecule has 3 heteroatoms. The highest BCUT2D eigenvalue weighted by Gasteiger charge is 1.70. The van der Waals surface area contributed by atoms with Gasteiger partial charge >= 0.3 is 6.16 Å². The molecule has 2 N–H and O–H groups in total. The predicted octanol–water partition coefficient (Wildman–Crippen LogP) is 1.41. The first kappa shape index (κ1) is 9.38. The maximum absolute atomic E-state index is 8.56. The van der Waals surface area contributed by atoms with Crippen LogP contribution in [0.3, 0.4) is 0 Å². The highest BCUT2D eigenvalue weighted by Crippen LogP contribution is 1.42. The molecular formula is C4H8O3. The molecule has 0 aromatic carbocycles. The Morgan fingerprint density at radius 2 is 1.71 bits per heavy atom. The van der Waals surface area contributed by atoms with E-state index in [1.54, 1.807) is 6.08 Å². The summed E-state index contributed by atoms with van der Waals surface area (Å²) in [7, 11) is 0. The van der Waals surface area contributed by atoms with E-state index in [-0.39, 0.29) is 0 Å². The highest BCUT2D eigenvalue weighted by molar-refractivity contribution is 5.53. The largest absolute Gasteiger partial charge is 0.503 e. The lowest BCUT2D eigenvalue weighted by molar-refractivity contribution is 0.137. The van der Waals surface area contributed by atoms with E-state index in [2.05, 4.69) is 6.58 Å². The Labute approximate surface area is 41.9 Å². The summed E-state index contributed by atoms with van der Waals surface area (Å²) in [5.41, 5.74) is 0. The smallest absolute Gasteiger partial charge is 0.450 e. The zero-order valence-electron chi connectivity index (χ0n) is 4.09. The Balaban J connectivity index is 0. The van der Waals surface area contributed by atoms with Crippen LogP contribution in [0.5, 0.6) is 0 Å². The molecule has 7 heavy (non-hydrogen) atoms. The van der Waals surface area contributed by atoms with Crippen LogP contribution in [-0.2, 0) is 0 Å². The quantitative estimate of drug-likeness (QED) is 0.457. The van der Waals surface area contributed by atoms with Gasteiger partial charge in [-0.05, 0) is 6.92 Å². The molecule has 0 radical (unpaired) electrons. The molecule has 0 aromatic rings. The van der Waals surface area contributed by atoms with Crippen LogP contribution in [0.1, 0.15) is 6.92 Å². The number of hydrogen-bond acceptors (Lipinski definition) is 1. The van der Waals surface area contributed by atoms with Crippen LogP contribution in [0, 0.1) is 0 Å². The van der Waals surface area contributed by atoms with Gasteiger partial charge in [0, 0.05) is 0 Å². The minimum Gasteiger partial charge on any atom is -0.450 e. The molecule has 0 rings (SSSR count). The number of rotatable bonds is 0. The van der Waals surface area contributed by atoms with Crippen LogP contribution in [0.15, 0.2) is 12.7 Å². The number of carboxylic acid groups (broad SMARTS) is 2. The van der Waals surface area contributed by atoms with E-state index < -0.39 is 6.16 Å². The number of hydrogen-bond donors (Lipinski definition) is 2. The summed E-state index contributed by atoms with van der Waals surface area (Å²) in [6.07, 6.45) is -0.0833. The maximum atomic E-state index is 8.56. The number of carbonyl (C=O) groups is 1. The van der Waals surface area contributed by atoms with Gasteiger partial charge in [0.15, 0.2) is 0 Å². The predicted molar refractivity (Wildman–Crippen MR) is 26.5 cm³/mol. The van der Waals surface area contributed by atoms with Gasteiger partial charge in [-0.1, -0.05) is 6.08 Å². The zero-order chi connectivity index (χ0) is 6.28. The van der Waals surface area contributed by atoms with Crippen molar-refractivity contribution in [3.8, 4) is 0 Å². The second-order valence-electron chi connectivity index (χ2n) is 0.691. The van der Waals surface area contributed by atoms with Crippen LogP contribution in [0.2, 0.25) is 0 Å². The van der Waals surface area contributed by atoms with E-state index in [1.165, 1.54) is 0 Å². The summed E-state index contributed by atoms with van der Waals surface area (Å²) in [4.78, 5) is 8.56. The van der Waals surface area contributed by atoms with E-state index in [1.807, 2.05) is 6.92 Å². The van der Waals surface area contributed by atoms with Crippen molar-refractivity contribution < 1.29 is 15.0 Å². The van der Waals surface area contributed by atoms with Crippen molar-refractivity contribution in [1.29, 1.82) is 0 Å². The Hall–Kier alpha value is -0.990. The summed E-state index contributed by atoms with van der Waals surface area (Å²) in [6.45, 7) is 5.25. The fourth-order valence-corrected chi connectivity index (χ4v) is 0. The van der Waals surface area contributed by atoms with Crippen molar-refractivity contribution in [2.24, 2.45) is 0 Å². The second kappa shape index (κ2) is 8.89. The van der Waals surface area contributed by atoms with Crippen LogP contribution < -0.4 is 0 Å². The monoisotopic (exact) mass is 104 g/mol. The van der Waals surface area contributed by atoms with E-state index in [0.717, 1.165) is 0 Å². The first-order valence-electron chi connectivity index (χ1n) is 1.64. The first-order chi connectivity index (χ1) is 3.15. The van der Waals surface area contributed by atoms with E-state index in [0.29, 0.717) is 0 Å². The summed E-state index contributed by atoms with van der Waals surface area (Å²) in [6, 6.07) is 0. The third-order valence-electron chi connectivity index (χ3n) is 0. The Morgan fingerprint density at radius 3 is 1.71 bits per heavy atom. The van der Waals surface area contributed by atoms with Crippen molar-refractivity contribution in [2.75, 3.05) is 0 Å². The van der Waals surface area contributed by atoms with Crippen molar-refractivity contribution in [3.05, 3.63) is 12.7 Å². The Kier molecular flexibility index (Phi) is 11.9. The standard InChI is InChI=1S/C3H6.CH2O3/c1-3-2;2-1(3)4/h3H,1H2,2H3;(H2,2,3,4). The summed E-state index contributed by atoms with van der Waals surface area (Å²) in [5.74, 6) is 0. The normalized spacial score (nSPS) is 5.29. The number of allylic oxidation sites excluding steroid dienone is 1. The van der Waals surface area contributed by atoms with Crippen molar-refractivity contribution in [1.82, 2.24) is 0 Å². The summed E-state index contributed by atoms with van der Waals surface area (Å²) < 4.78 is 0. The topological polar surface area (TPSA) is 57.5 Å². The Morgan fingerprint density at radius 1 is 1.71 bits per heavy atom. The molecule has 0 aliphatic heterocycles. The second-order valence-corrected chi connectivity index (χ2v) is 0.691. The Bertz CT molecular complexity index is 54.0. The molecule has 0 atom stereocenters.